The topological polar surface area (TPSA) is 81.8 Å². The SMILES string of the molecule is CCC(O)N1CCC(N(C)C(=O)n2cnc(-c3ccc(O)c(C)c3)c2)CC1. The Kier molecular flexibility index (Phi) is 5.82. The summed E-state index contributed by atoms with van der Waals surface area (Å²) < 4.78 is 1.50. The molecule has 1 amide bonds. The van der Waals surface area contributed by atoms with Crippen LogP contribution in [0.5, 0.6) is 5.75 Å². The second-order valence-corrected chi connectivity index (χ2v) is 7.22. The Morgan fingerprint density at radius 2 is 2.07 bits per heavy atom. The van der Waals surface area contributed by atoms with Gasteiger partial charge in [0.2, 0.25) is 0 Å². The quantitative estimate of drug-likeness (QED) is 0.862. The maximum Gasteiger partial charge on any atom is 0.329 e. The Morgan fingerprint density at radius 1 is 1.37 bits per heavy atom. The highest BCUT2D eigenvalue weighted by Crippen LogP contribution is 2.24. The number of rotatable bonds is 4. The van der Waals surface area contributed by atoms with E-state index in [1.807, 2.05) is 27.0 Å². The molecule has 1 atom stereocenters. The summed E-state index contributed by atoms with van der Waals surface area (Å²) in [6.07, 6.45) is 5.27. The van der Waals surface area contributed by atoms with E-state index < -0.39 is 6.23 Å². The van der Waals surface area contributed by atoms with E-state index in [-0.39, 0.29) is 17.8 Å². The number of benzene rings is 1. The predicted octanol–water partition coefficient (Wildman–Crippen LogP) is 2.66. The zero-order valence-electron chi connectivity index (χ0n) is 16.2. The summed E-state index contributed by atoms with van der Waals surface area (Å²) in [6, 6.07) is 5.32. The summed E-state index contributed by atoms with van der Waals surface area (Å²) in [4.78, 5) is 21.0. The van der Waals surface area contributed by atoms with Crippen LogP contribution in [0.25, 0.3) is 11.3 Å². The Labute approximate surface area is 159 Å². The van der Waals surface area contributed by atoms with Crippen LogP contribution in [-0.2, 0) is 0 Å². The first-order chi connectivity index (χ1) is 12.9. The van der Waals surface area contributed by atoms with E-state index in [0.717, 1.165) is 37.1 Å². The first kappa shape index (κ1) is 19.4. The number of aliphatic hydroxyl groups is 1. The van der Waals surface area contributed by atoms with E-state index in [1.54, 1.807) is 23.2 Å². The van der Waals surface area contributed by atoms with Crippen LogP contribution in [0.3, 0.4) is 0 Å². The molecule has 7 nitrogen and oxygen atoms in total. The second kappa shape index (κ2) is 8.10. The Balaban J connectivity index is 1.66. The molecule has 2 heterocycles. The molecule has 146 valence electrons. The van der Waals surface area contributed by atoms with Gasteiger partial charge < -0.3 is 15.1 Å². The van der Waals surface area contributed by atoms with Gasteiger partial charge in [0.25, 0.3) is 0 Å². The second-order valence-electron chi connectivity index (χ2n) is 7.22. The van der Waals surface area contributed by atoms with Crippen LogP contribution in [0.15, 0.2) is 30.7 Å². The van der Waals surface area contributed by atoms with Gasteiger partial charge in [-0.25, -0.2) is 9.78 Å². The first-order valence-electron chi connectivity index (χ1n) is 9.44. The highest BCUT2D eigenvalue weighted by Gasteiger charge is 2.28. The number of phenolic OH excluding ortho intramolecular Hbond substituents is 1. The molecular weight excluding hydrogens is 344 g/mol. The zero-order chi connectivity index (χ0) is 19.6. The third kappa shape index (κ3) is 4.14. The highest BCUT2D eigenvalue weighted by molar-refractivity contribution is 5.78. The number of hydrogen-bond donors (Lipinski definition) is 2. The van der Waals surface area contributed by atoms with E-state index in [9.17, 15) is 15.0 Å². The fourth-order valence-corrected chi connectivity index (χ4v) is 3.56. The number of amides is 1. The fourth-order valence-electron chi connectivity index (χ4n) is 3.56. The van der Waals surface area contributed by atoms with E-state index in [2.05, 4.69) is 9.88 Å². The number of aryl methyl sites for hydroxylation is 1. The van der Waals surface area contributed by atoms with Crippen LogP contribution in [-0.4, -0.2) is 68.0 Å². The van der Waals surface area contributed by atoms with Gasteiger partial charge >= 0.3 is 6.03 Å². The lowest BCUT2D eigenvalue weighted by atomic mass is 10.0. The van der Waals surface area contributed by atoms with Gasteiger partial charge in [-0.1, -0.05) is 6.92 Å². The molecule has 2 N–H and O–H groups in total. The van der Waals surface area contributed by atoms with Crippen molar-refractivity contribution in [1.82, 2.24) is 19.4 Å². The molecule has 1 saturated heterocycles. The number of hydrogen-bond acceptors (Lipinski definition) is 5. The summed E-state index contributed by atoms with van der Waals surface area (Å²) in [7, 11) is 1.82. The minimum absolute atomic E-state index is 0.112. The summed E-state index contributed by atoms with van der Waals surface area (Å²) in [5, 5.41) is 19.6. The van der Waals surface area contributed by atoms with Gasteiger partial charge in [-0.3, -0.25) is 9.47 Å². The fraction of sp³-hybridized carbons (Fsp3) is 0.500. The number of likely N-dealkylation sites (tertiary alicyclic amines) is 1. The van der Waals surface area contributed by atoms with E-state index >= 15 is 0 Å². The summed E-state index contributed by atoms with van der Waals surface area (Å²) >= 11 is 0. The van der Waals surface area contributed by atoms with Gasteiger partial charge in [0.15, 0.2) is 0 Å². The average Bonchev–Trinajstić information content (AvgIpc) is 3.18. The van der Waals surface area contributed by atoms with Crippen molar-refractivity contribution in [2.75, 3.05) is 20.1 Å². The van der Waals surface area contributed by atoms with Gasteiger partial charge in [0, 0.05) is 37.9 Å². The monoisotopic (exact) mass is 372 g/mol. The number of imidazole rings is 1. The van der Waals surface area contributed by atoms with Crippen molar-refractivity contribution in [2.24, 2.45) is 0 Å². The van der Waals surface area contributed by atoms with E-state index in [0.29, 0.717) is 12.1 Å². The standard InChI is InChI=1S/C20H28N4O3/c1-4-19(26)23-9-7-16(8-10-23)22(3)20(27)24-12-17(21-13-24)15-5-6-18(25)14(2)11-15/h5-6,11-13,16,19,25-26H,4,7-10H2,1-3H3. The van der Waals surface area contributed by atoms with E-state index in [1.165, 1.54) is 10.9 Å². The molecule has 0 saturated carbocycles. The summed E-state index contributed by atoms with van der Waals surface area (Å²) in [5.41, 5.74) is 2.33. The van der Waals surface area contributed by atoms with Crippen LogP contribution < -0.4 is 0 Å². The molecule has 0 spiro atoms. The van der Waals surface area contributed by atoms with Crippen molar-refractivity contribution in [3.8, 4) is 17.0 Å². The molecule has 7 heteroatoms. The maximum atomic E-state index is 12.8. The Morgan fingerprint density at radius 3 is 2.70 bits per heavy atom. The molecule has 1 fully saturated rings. The molecule has 0 aliphatic carbocycles. The van der Waals surface area contributed by atoms with E-state index in [4.69, 9.17) is 0 Å². The van der Waals surface area contributed by atoms with Crippen molar-refractivity contribution < 1.29 is 15.0 Å². The maximum absolute atomic E-state index is 12.8. The molecule has 0 radical (unpaired) electrons. The number of aliphatic hydroxyl groups excluding tert-OH is 1. The van der Waals surface area contributed by atoms with Gasteiger partial charge in [-0.05, 0) is 49.9 Å². The molecule has 1 aliphatic heterocycles. The number of aromatic nitrogens is 2. The molecule has 1 aromatic carbocycles. The zero-order valence-corrected chi connectivity index (χ0v) is 16.2. The average molecular weight is 372 g/mol. The molecule has 27 heavy (non-hydrogen) atoms. The number of phenols is 1. The molecule has 0 bridgehead atoms. The minimum Gasteiger partial charge on any atom is -0.508 e. The lowest BCUT2D eigenvalue weighted by molar-refractivity contribution is -0.0207. The number of nitrogens with zero attached hydrogens (tertiary/aromatic N) is 4. The largest absolute Gasteiger partial charge is 0.508 e. The van der Waals surface area contributed by atoms with Crippen LogP contribution >= 0.6 is 0 Å². The van der Waals surface area contributed by atoms with Crippen LogP contribution in [0.2, 0.25) is 0 Å². The van der Waals surface area contributed by atoms with Crippen molar-refractivity contribution in [2.45, 2.75) is 45.4 Å². The lowest BCUT2D eigenvalue weighted by Gasteiger charge is -2.38. The number of carbonyl (C=O) groups is 1. The van der Waals surface area contributed by atoms with Gasteiger partial charge in [0.1, 0.15) is 18.3 Å². The summed E-state index contributed by atoms with van der Waals surface area (Å²) in [5.74, 6) is 0.244. The molecular formula is C20H28N4O3. The summed E-state index contributed by atoms with van der Waals surface area (Å²) in [6.45, 7) is 5.38. The van der Waals surface area contributed by atoms with Crippen LogP contribution in [0.1, 0.15) is 31.7 Å². The Bertz CT molecular complexity index is 796. The normalized spacial score (nSPS) is 17.0. The number of piperidine rings is 1. The van der Waals surface area contributed by atoms with Crippen molar-refractivity contribution in [3.63, 3.8) is 0 Å². The third-order valence-electron chi connectivity index (χ3n) is 5.43. The predicted molar refractivity (Wildman–Crippen MR) is 104 cm³/mol. The van der Waals surface area contributed by atoms with Gasteiger partial charge in [-0.15, -0.1) is 0 Å². The molecule has 3 rings (SSSR count). The van der Waals surface area contributed by atoms with Gasteiger partial charge in [-0.2, -0.15) is 0 Å². The third-order valence-corrected chi connectivity index (χ3v) is 5.43. The molecule has 1 aromatic heterocycles. The van der Waals surface area contributed by atoms with Gasteiger partial charge in [0.05, 0.1) is 5.69 Å². The number of carbonyl (C=O) groups excluding carboxylic acids is 1. The lowest BCUT2D eigenvalue weighted by Crippen LogP contribution is -2.49. The van der Waals surface area contributed by atoms with Crippen molar-refractivity contribution in [3.05, 3.63) is 36.3 Å². The highest BCUT2D eigenvalue weighted by atomic mass is 16.3. The molecule has 1 unspecified atom stereocenters. The van der Waals surface area contributed by atoms with Crippen LogP contribution in [0, 0.1) is 6.92 Å². The Hall–Kier alpha value is -2.38. The van der Waals surface area contributed by atoms with Crippen molar-refractivity contribution >= 4 is 6.03 Å². The molecule has 2 aromatic rings. The van der Waals surface area contributed by atoms with Crippen LogP contribution in [0.4, 0.5) is 4.79 Å². The number of aromatic hydroxyl groups is 1. The first-order valence-corrected chi connectivity index (χ1v) is 9.44. The molecule has 1 aliphatic rings. The minimum atomic E-state index is -0.392. The smallest absolute Gasteiger partial charge is 0.329 e. The van der Waals surface area contributed by atoms with Crippen molar-refractivity contribution in [1.29, 1.82) is 0 Å².